The van der Waals surface area contributed by atoms with Crippen LogP contribution < -0.4 is 15.2 Å². The molecule has 1 aliphatic carbocycles. The van der Waals surface area contributed by atoms with Gasteiger partial charge in [-0.3, -0.25) is 0 Å². The standard InChI is InChI=1S/C14H15N3O3.ClH/c15-14(6-1-2-7-14)13-16-12(20-17-13)9-4-3-5-10-11(9)19-8-18-10;/h3-5H,1-2,6-8,15H2;1H. The monoisotopic (exact) mass is 309 g/mol. The van der Waals surface area contributed by atoms with Gasteiger partial charge >= 0.3 is 0 Å². The summed E-state index contributed by atoms with van der Waals surface area (Å²) >= 11 is 0. The number of aromatic nitrogens is 2. The van der Waals surface area contributed by atoms with Crippen LogP contribution in [0.3, 0.4) is 0 Å². The summed E-state index contributed by atoms with van der Waals surface area (Å²) in [7, 11) is 0. The summed E-state index contributed by atoms with van der Waals surface area (Å²) in [6, 6.07) is 5.60. The maximum absolute atomic E-state index is 6.34. The lowest BCUT2D eigenvalue weighted by Crippen LogP contribution is -2.34. The van der Waals surface area contributed by atoms with Gasteiger partial charge in [-0.2, -0.15) is 4.98 Å². The van der Waals surface area contributed by atoms with Gasteiger partial charge in [0.2, 0.25) is 6.79 Å². The van der Waals surface area contributed by atoms with Crippen LogP contribution >= 0.6 is 12.4 Å². The van der Waals surface area contributed by atoms with Crippen LogP contribution in [0, 0.1) is 0 Å². The molecular weight excluding hydrogens is 294 g/mol. The fourth-order valence-corrected chi connectivity index (χ4v) is 2.86. The molecule has 2 N–H and O–H groups in total. The molecule has 1 aromatic heterocycles. The van der Waals surface area contributed by atoms with Crippen molar-refractivity contribution in [2.75, 3.05) is 6.79 Å². The lowest BCUT2D eigenvalue weighted by molar-refractivity contribution is 0.174. The number of ether oxygens (including phenoxy) is 2. The molecule has 2 aliphatic rings. The lowest BCUT2D eigenvalue weighted by Gasteiger charge is -2.17. The normalized spacial score (nSPS) is 18.5. The average Bonchev–Trinajstić information content (AvgIpc) is 3.18. The number of halogens is 1. The first-order valence-electron chi connectivity index (χ1n) is 6.78. The predicted molar refractivity (Wildman–Crippen MR) is 77.4 cm³/mol. The van der Waals surface area contributed by atoms with Crippen LogP contribution in [0.1, 0.15) is 31.5 Å². The van der Waals surface area contributed by atoms with Crippen molar-refractivity contribution in [3.63, 3.8) is 0 Å². The Morgan fingerprint density at radius 2 is 1.95 bits per heavy atom. The Balaban J connectivity index is 0.00000132. The number of rotatable bonds is 2. The SMILES string of the molecule is Cl.NC1(c2noc(-c3cccc4c3OCO4)n2)CCCC1. The van der Waals surface area contributed by atoms with Crippen molar-refractivity contribution >= 4 is 12.4 Å². The number of nitrogens with zero attached hydrogens (tertiary/aromatic N) is 2. The van der Waals surface area contributed by atoms with Gasteiger partial charge in [0, 0.05) is 0 Å². The molecule has 112 valence electrons. The van der Waals surface area contributed by atoms with Crippen LogP contribution in [-0.2, 0) is 5.54 Å². The largest absolute Gasteiger partial charge is 0.454 e. The van der Waals surface area contributed by atoms with Crippen molar-refractivity contribution in [3.8, 4) is 23.0 Å². The van der Waals surface area contributed by atoms with E-state index in [0.717, 1.165) is 31.2 Å². The van der Waals surface area contributed by atoms with E-state index < -0.39 is 5.54 Å². The Morgan fingerprint density at radius 1 is 1.14 bits per heavy atom. The smallest absolute Gasteiger partial charge is 0.261 e. The topological polar surface area (TPSA) is 83.4 Å². The van der Waals surface area contributed by atoms with Crippen molar-refractivity contribution < 1.29 is 14.0 Å². The van der Waals surface area contributed by atoms with Gasteiger partial charge in [-0.05, 0) is 25.0 Å². The van der Waals surface area contributed by atoms with Crippen molar-refractivity contribution in [3.05, 3.63) is 24.0 Å². The van der Waals surface area contributed by atoms with Crippen LogP contribution in [0.5, 0.6) is 11.5 Å². The first-order valence-corrected chi connectivity index (χ1v) is 6.78. The first kappa shape index (κ1) is 14.2. The molecule has 0 bridgehead atoms. The van der Waals surface area contributed by atoms with Gasteiger partial charge in [-0.15, -0.1) is 12.4 Å². The highest BCUT2D eigenvalue weighted by Crippen LogP contribution is 2.41. The minimum Gasteiger partial charge on any atom is -0.454 e. The van der Waals surface area contributed by atoms with E-state index in [1.807, 2.05) is 18.2 Å². The molecule has 21 heavy (non-hydrogen) atoms. The Bertz CT molecular complexity index is 653. The van der Waals surface area contributed by atoms with Crippen LogP contribution in [-0.4, -0.2) is 16.9 Å². The van der Waals surface area contributed by atoms with E-state index in [0.29, 0.717) is 23.2 Å². The third kappa shape index (κ3) is 2.24. The number of benzene rings is 1. The second-order valence-corrected chi connectivity index (χ2v) is 5.33. The van der Waals surface area contributed by atoms with Gasteiger partial charge in [-0.25, -0.2) is 0 Å². The van der Waals surface area contributed by atoms with Crippen LogP contribution in [0.2, 0.25) is 0 Å². The third-order valence-electron chi connectivity index (χ3n) is 3.99. The van der Waals surface area contributed by atoms with E-state index in [-0.39, 0.29) is 19.2 Å². The van der Waals surface area contributed by atoms with Crippen molar-refractivity contribution in [2.24, 2.45) is 5.73 Å². The molecule has 0 spiro atoms. The fourth-order valence-electron chi connectivity index (χ4n) is 2.86. The van der Waals surface area contributed by atoms with Crippen molar-refractivity contribution in [2.45, 2.75) is 31.2 Å². The summed E-state index contributed by atoms with van der Waals surface area (Å²) in [5.74, 6) is 2.37. The molecule has 1 aromatic carbocycles. The number of nitrogens with two attached hydrogens (primary N) is 1. The second kappa shape index (κ2) is 5.20. The van der Waals surface area contributed by atoms with E-state index >= 15 is 0 Å². The Morgan fingerprint density at radius 3 is 2.76 bits per heavy atom. The van der Waals surface area contributed by atoms with Gasteiger partial charge < -0.3 is 19.7 Å². The third-order valence-corrected chi connectivity index (χ3v) is 3.99. The van der Waals surface area contributed by atoms with E-state index in [4.69, 9.17) is 19.7 Å². The molecule has 0 atom stereocenters. The summed E-state index contributed by atoms with van der Waals surface area (Å²) in [6.45, 7) is 0.216. The highest BCUT2D eigenvalue weighted by Gasteiger charge is 2.36. The van der Waals surface area contributed by atoms with Gasteiger partial charge in [0.25, 0.3) is 5.89 Å². The van der Waals surface area contributed by atoms with Crippen LogP contribution in [0.4, 0.5) is 0 Å². The number of fused-ring (bicyclic) bond motifs is 1. The number of hydrogen-bond donors (Lipinski definition) is 1. The summed E-state index contributed by atoms with van der Waals surface area (Å²) in [5, 5.41) is 4.06. The summed E-state index contributed by atoms with van der Waals surface area (Å²) < 4.78 is 16.2. The zero-order valence-electron chi connectivity index (χ0n) is 11.4. The van der Waals surface area contributed by atoms with Gasteiger partial charge in [0.05, 0.1) is 11.1 Å². The Labute approximate surface area is 128 Å². The molecule has 1 saturated carbocycles. The maximum atomic E-state index is 6.34. The highest BCUT2D eigenvalue weighted by atomic mass is 35.5. The Hall–Kier alpha value is -1.79. The zero-order chi connectivity index (χ0) is 13.6. The highest BCUT2D eigenvalue weighted by molar-refractivity contribution is 5.85. The molecule has 1 fully saturated rings. The first-order chi connectivity index (χ1) is 9.76. The fraction of sp³-hybridized carbons (Fsp3) is 0.429. The molecule has 4 rings (SSSR count). The van der Waals surface area contributed by atoms with Gasteiger partial charge in [0.1, 0.15) is 0 Å². The molecule has 2 aromatic rings. The van der Waals surface area contributed by atoms with E-state index in [9.17, 15) is 0 Å². The quantitative estimate of drug-likeness (QED) is 0.918. The number of hydrogen-bond acceptors (Lipinski definition) is 6. The lowest BCUT2D eigenvalue weighted by atomic mass is 9.99. The molecule has 0 amide bonds. The minimum absolute atomic E-state index is 0. The molecule has 7 heteroatoms. The maximum Gasteiger partial charge on any atom is 0.261 e. The molecule has 0 saturated heterocycles. The predicted octanol–water partition coefficient (Wildman–Crippen LogP) is 2.62. The minimum atomic E-state index is -0.447. The number of para-hydroxylation sites is 1. The molecule has 1 aliphatic heterocycles. The Kier molecular flexibility index (Phi) is 3.51. The average molecular weight is 310 g/mol. The van der Waals surface area contributed by atoms with Crippen molar-refractivity contribution in [1.82, 2.24) is 10.1 Å². The van der Waals surface area contributed by atoms with Crippen LogP contribution in [0.15, 0.2) is 22.7 Å². The van der Waals surface area contributed by atoms with E-state index in [1.165, 1.54) is 0 Å². The summed E-state index contributed by atoms with van der Waals surface area (Å²) in [6.07, 6.45) is 4.02. The zero-order valence-corrected chi connectivity index (χ0v) is 12.2. The molecular formula is C14H16ClN3O3. The molecule has 2 heterocycles. The van der Waals surface area contributed by atoms with Gasteiger partial charge in [0.15, 0.2) is 17.3 Å². The van der Waals surface area contributed by atoms with E-state index in [2.05, 4.69) is 10.1 Å². The molecule has 0 radical (unpaired) electrons. The summed E-state index contributed by atoms with van der Waals surface area (Å²) in [4.78, 5) is 4.47. The van der Waals surface area contributed by atoms with E-state index in [1.54, 1.807) is 0 Å². The summed E-state index contributed by atoms with van der Waals surface area (Å²) in [5.41, 5.74) is 6.65. The van der Waals surface area contributed by atoms with Crippen LogP contribution in [0.25, 0.3) is 11.5 Å². The van der Waals surface area contributed by atoms with Gasteiger partial charge in [-0.1, -0.05) is 24.1 Å². The molecule has 0 unspecified atom stereocenters. The molecule has 6 nitrogen and oxygen atoms in total. The van der Waals surface area contributed by atoms with Crippen molar-refractivity contribution in [1.29, 1.82) is 0 Å². The second-order valence-electron chi connectivity index (χ2n) is 5.33.